The predicted molar refractivity (Wildman–Crippen MR) is 88.6 cm³/mol. The minimum atomic E-state index is -0.0940. The lowest BCUT2D eigenvalue weighted by atomic mass is 10.1. The Labute approximate surface area is 136 Å². The zero-order valence-corrected chi connectivity index (χ0v) is 14.0. The summed E-state index contributed by atoms with van der Waals surface area (Å²) in [6, 6.07) is 5.65. The number of nitrogens with zero attached hydrogens (tertiary/aromatic N) is 1. The minimum Gasteiger partial charge on any atom is -0.494 e. The Morgan fingerprint density at radius 2 is 1.95 bits per heavy atom. The van der Waals surface area contributed by atoms with Crippen LogP contribution in [0.25, 0.3) is 0 Å². The first kappa shape index (κ1) is 18.1. The van der Waals surface area contributed by atoms with E-state index in [9.17, 15) is 4.79 Å². The zero-order chi connectivity index (χ0) is 15.7. The van der Waals surface area contributed by atoms with E-state index in [4.69, 9.17) is 27.9 Å². The van der Waals surface area contributed by atoms with Gasteiger partial charge in [-0.1, -0.05) is 0 Å². The fraction of sp³-hybridized carbons (Fsp3) is 0.533. The molecule has 0 aromatic heterocycles. The Morgan fingerprint density at radius 1 is 1.29 bits per heavy atom. The molecule has 0 saturated heterocycles. The molecule has 118 valence electrons. The monoisotopic (exact) mass is 332 g/mol. The summed E-state index contributed by atoms with van der Waals surface area (Å²) in [5.41, 5.74) is 1.77. The van der Waals surface area contributed by atoms with Gasteiger partial charge in [0.05, 0.1) is 6.61 Å². The van der Waals surface area contributed by atoms with Crippen molar-refractivity contribution >= 4 is 34.8 Å². The average Bonchev–Trinajstić information content (AvgIpc) is 2.42. The van der Waals surface area contributed by atoms with Gasteiger partial charge in [-0.3, -0.25) is 9.69 Å². The fourth-order valence-corrected chi connectivity index (χ4v) is 2.51. The molecule has 1 N–H and O–H groups in total. The van der Waals surface area contributed by atoms with Crippen molar-refractivity contribution in [3.63, 3.8) is 0 Å². The lowest BCUT2D eigenvalue weighted by molar-refractivity contribution is -0.114. The number of benzene rings is 1. The largest absolute Gasteiger partial charge is 0.494 e. The third kappa shape index (κ3) is 6.55. The molecule has 21 heavy (non-hydrogen) atoms. The maximum Gasteiger partial charge on any atom is 0.221 e. The lowest BCUT2D eigenvalue weighted by Crippen LogP contribution is -2.27. The number of rotatable bonds is 9. The molecule has 0 spiro atoms. The molecule has 0 aliphatic rings. The number of hydrogen-bond acceptors (Lipinski definition) is 3. The number of anilines is 1. The molecule has 1 aromatic carbocycles. The van der Waals surface area contributed by atoms with Crippen LogP contribution in [-0.4, -0.2) is 42.3 Å². The highest BCUT2D eigenvalue weighted by Gasteiger charge is 2.11. The molecule has 1 rings (SSSR count). The first-order valence-corrected chi connectivity index (χ1v) is 8.05. The van der Waals surface area contributed by atoms with Crippen LogP contribution in [0, 0.1) is 0 Å². The molecule has 0 fully saturated rings. The van der Waals surface area contributed by atoms with Crippen molar-refractivity contribution < 1.29 is 9.53 Å². The van der Waals surface area contributed by atoms with Crippen LogP contribution in [0.4, 0.5) is 5.69 Å². The molecular formula is C15H22Cl2N2O2. The van der Waals surface area contributed by atoms with E-state index in [1.54, 1.807) is 0 Å². The summed E-state index contributed by atoms with van der Waals surface area (Å²) in [5.74, 6) is 1.82. The van der Waals surface area contributed by atoms with Gasteiger partial charge in [-0.2, -0.15) is 0 Å². The second kappa shape index (κ2) is 9.87. The minimum absolute atomic E-state index is 0.0940. The second-order valence-electron chi connectivity index (χ2n) is 4.59. The van der Waals surface area contributed by atoms with E-state index in [0.717, 1.165) is 30.1 Å². The van der Waals surface area contributed by atoms with Gasteiger partial charge in [0.25, 0.3) is 0 Å². The normalized spacial score (nSPS) is 10.7. The van der Waals surface area contributed by atoms with Crippen LogP contribution in [0.2, 0.25) is 0 Å². The van der Waals surface area contributed by atoms with Crippen LogP contribution in [0.3, 0.4) is 0 Å². The third-order valence-electron chi connectivity index (χ3n) is 2.88. The van der Waals surface area contributed by atoms with Gasteiger partial charge in [-0.15, -0.1) is 23.2 Å². The fourth-order valence-electron chi connectivity index (χ4n) is 2.03. The lowest BCUT2D eigenvalue weighted by Gasteiger charge is -2.22. The summed E-state index contributed by atoms with van der Waals surface area (Å²) in [7, 11) is 0. The number of ether oxygens (including phenoxy) is 1. The molecule has 1 aromatic rings. The number of hydrogen-bond donors (Lipinski definition) is 1. The molecule has 0 heterocycles. The van der Waals surface area contributed by atoms with Crippen molar-refractivity contribution in [1.82, 2.24) is 4.90 Å². The van der Waals surface area contributed by atoms with Crippen LogP contribution in [0.5, 0.6) is 5.75 Å². The van der Waals surface area contributed by atoms with Gasteiger partial charge in [0.1, 0.15) is 5.75 Å². The first-order valence-electron chi connectivity index (χ1n) is 6.98. The second-order valence-corrected chi connectivity index (χ2v) is 5.35. The molecule has 0 aliphatic heterocycles. The molecule has 1 amide bonds. The topological polar surface area (TPSA) is 41.6 Å². The number of amides is 1. The molecule has 0 atom stereocenters. The molecule has 0 aliphatic carbocycles. The average molecular weight is 333 g/mol. The van der Waals surface area contributed by atoms with Crippen molar-refractivity contribution in [2.75, 3.05) is 36.8 Å². The summed E-state index contributed by atoms with van der Waals surface area (Å²) in [4.78, 5) is 13.3. The van der Waals surface area contributed by atoms with Crippen LogP contribution >= 0.6 is 23.2 Å². The van der Waals surface area contributed by atoms with Crippen molar-refractivity contribution in [3.8, 4) is 5.75 Å². The Kier molecular flexibility index (Phi) is 8.50. The van der Waals surface area contributed by atoms with Crippen molar-refractivity contribution in [1.29, 1.82) is 0 Å². The van der Waals surface area contributed by atoms with Gasteiger partial charge in [0.15, 0.2) is 0 Å². The maximum atomic E-state index is 11.2. The molecule has 0 bridgehead atoms. The zero-order valence-electron chi connectivity index (χ0n) is 12.5. The third-order valence-corrected chi connectivity index (χ3v) is 3.21. The number of nitrogens with one attached hydrogen (secondary N) is 1. The highest BCUT2D eigenvalue weighted by molar-refractivity contribution is 6.18. The maximum absolute atomic E-state index is 11.2. The highest BCUT2D eigenvalue weighted by atomic mass is 35.5. The van der Waals surface area contributed by atoms with E-state index in [-0.39, 0.29) is 5.91 Å². The molecule has 6 heteroatoms. The van der Waals surface area contributed by atoms with Gasteiger partial charge in [0.2, 0.25) is 5.91 Å². The van der Waals surface area contributed by atoms with Crippen LogP contribution in [-0.2, 0) is 11.3 Å². The van der Waals surface area contributed by atoms with E-state index in [1.165, 1.54) is 6.92 Å². The van der Waals surface area contributed by atoms with Gasteiger partial charge in [0, 0.05) is 49.6 Å². The van der Waals surface area contributed by atoms with Gasteiger partial charge in [-0.25, -0.2) is 0 Å². The number of halogens is 2. The van der Waals surface area contributed by atoms with E-state index in [2.05, 4.69) is 10.2 Å². The number of carbonyl (C=O) groups is 1. The number of carbonyl (C=O) groups excluding carboxylic acids is 1. The summed E-state index contributed by atoms with van der Waals surface area (Å²) >= 11 is 11.7. The molecule has 0 unspecified atom stereocenters. The van der Waals surface area contributed by atoms with Crippen LogP contribution in [0.1, 0.15) is 19.4 Å². The summed E-state index contributed by atoms with van der Waals surface area (Å²) < 4.78 is 5.65. The predicted octanol–water partition coefficient (Wildman–Crippen LogP) is 3.32. The van der Waals surface area contributed by atoms with Crippen molar-refractivity contribution in [2.45, 2.75) is 20.4 Å². The molecule has 0 saturated carbocycles. The van der Waals surface area contributed by atoms with E-state index in [0.29, 0.717) is 24.9 Å². The summed E-state index contributed by atoms with van der Waals surface area (Å²) in [5, 5.41) is 2.79. The van der Waals surface area contributed by atoms with E-state index in [1.807, 2.05) is 25.1 Å². The van der Waals surface area contributed by atoms with Crippen molar-refractivity contribution in [3.05, 3.63) is 23.8 Å². The van der Waals surface area contributed by atoms with E-state index >= 15 is 0 Å². The van der Waals surface area contributed by atoms with Gasteiger partial charge >= 0.3 is 0 Å². The van der Waals surface area contributed by atoms with Gasteiger partial charge < -0.3 is 10.1 Å². The van der Waals surface area contributed by atoms with Gasteiger partial charge in [-0.05, 0) is 25.1 Å². The molecule has 4 nitrogen and oxygen atoms in total. The molecule has 0 radical (unpaired) electrons. The Balaban J connectivity index is 2.94. The van der Waals surface area contributed by atoms with Crippen LogP contribution in [0.15, 0.2) is 18.2 Å². The van der Waals surface area contributed by atoms with Crippen LogP contribution < -0.4 is 10.1 Å². The summed E-state index contributed by atoms with van der Waals surface area (Å²) in [6.45, 7) is 6.22. The SMILES string of the molecule is CCOc1ccc(NC(C)=O)cc1CN(CCCl)CCCl. The van der Waals surface area contributed by atoms with Crippen molar-refractivity contribution in [2.24, 2.45) is 0 Å². The summed E-state index contributed by atoms with van der Waals surface area (Å²) in [6.07, 6.45) is 0. The first-order chi connectivity index (χ1) is 10.1. The highest BCUT2D eigenvalue weighted by Crippen LogP contribution is 2.24. The Hall–Kier alpha value is -0.970. The Bertz CT molecular complexity index is 449. The van der Waals surface area contributed by atoms with E-state index < -0.39 is 0 Å². The number of alkyl halides is 2. The smallest absolute Gasteiger partial charge is 0.221 e. The Morgan fingerprint density at radius 3 is 2.48 bits per heavy atom. The standard InChI is InChI=1S/C15H22Cl2N2O2/c1-3-21-15-5-4-14(18-12(2)20)10-13(15)11-19(8-6-16)9-7-17/h4-5,10H,3,6-9,11H2,1-2H3,(H,18,20). The molecular weight excluding hydrogens is 311 g/mol. The quantitative estimate of drug-likeness (QED) is 0.705.